The van der Waals surface area contributed by atoms with Gasteiger partial charge in [-0.05, 0) is 12.8 Å². The fourth-order valence-corrected chi connectivity index (χ4v) is 0.680. The SMILES string of the molecule is NC(=O)CCCCCNO. The van der Waals surface area contributed by atoms with Gasteiger partial charge in [0.2, 0.25) is 5.91 Å². The van der Waals surface area contributed by atoms with Crippen LogP contribution in [0.2, 0.25) is 0 Å². The maximum absolute atomic E-state index is 10.2. The first-order valence-corrected chi connectivity index (χ1v) is 3.42. The van der Waals surface area contributed by atoms with Crippen LogP contribution in [-0.2, 0) is 4.79 Å². The molecule has 4 heteroatoms. The normalized spacial score (nSPS) is 9.70. The van der Waals surface area contributed by atoms with Gasteiger partial charge in [0.15, 0.2) is 0 Å². The van der Waals surface area contributed by atoms with Gasteiger partial charge in [0.25, 0.3) is 0 Å². The molecule has 0 unspecified atom stereocenters. The van der Waals surface area contributed by atoms with E-state index in [1.165, 1.54) is 0 Å². The van der Waals surface area contributed by atoms with Crippen LogP contribution in [0.4, 0.5) is 0 Å². The van der Waals surface area contributed by atoms with Gasteiger partial charge in [-0.25, -0.2) is 5.48 Å². The molecule has 0 aliphatic heterocycles. The van der Waals surface area contributed by atoms with Crippen molar-refractivity contribution in [1.82, 2.24) is 5.48 Å². The number of rotatable bonds is 6. The molecule has 60 valence electrons. The third-order valence-corrected chi connectivity index (χ3v) is 1.21. The monoisotopic (exact) mass is 146 g/mol. The van der Waals surface area contributed by atoms with Gasteiger partial charge in [0, 0.05) is 13.0 Å². The second kappa shape index (κ2) is 6.51. The number of carbonyl (C=O) groups excluding carboxylic acids is 1. The molecule has 0 aliphatic carbocycles. The lowest BCUT2D eigenvalue weighted by molar-refractivity contribution is -0.118. The van der Waals surface area contributed by atoms with Crippen LogP contribution < -0.4 is 11.2 Å². The highest BCUT2D eigenvalue weighted by molar-refractivity contribution is 5.73. The van der Waals surface area contributed by atoms with Gasteiger partial charge in [0.1, 0.15) is 0 Å². The summed E-state index contributed by atoms with van der Waals surface area (Å²) in [6.45, 7) is 0.582. The Morgan fingerprint density at radius 2 is 2.10 bits per heavy atom. The van der Waals surface area contributed by atoms with Crippen LogP contribution in [0.5, 0.6) is 0 Å². The molecule has 0 aliphatic rings. The van der Waals surface area contributed by atoms with E-state index in [2.05, 4.69) is 0 Å². The summed E-state index contributed by atoms with van der Waals surface area (Å²) in [6, 6.07) is 0. The summed E-state index contributed by atoms with van der Waals surface area (Å²) in [5, 5.41) is 8.13. The minimum absolute atomic E-state index is 0.253. The van der Waals surface area contributed by atoms with E-state index >= 15 is 0 Å². The second-order valence-electron chi connectivity index (χ2n) is 2.19. The van der Waals surface area contributed by atoms with Crippen LogP contribution in [0.25, 0.3) is 0 Å². The first-order valence-electron chi connectivity index (χ1n) is 3.42. The number of amides is 1. The van der Waals surface area contributed by atoms with Crippen molar-refractivity contribution < 1.29 is 10.0 Å². The number of nitrogens with one attached hydrogen (secondary N) is 1. The lowest BCUT2D eigenvalue weighted by Crippen LogP contribution is -2.11. The summed E-state index contributed by atoms with van der Waals surface area (Å²) in [5.41, 5.74) is 6.94. The van der Waals surface area contributed by atoms with Crippen LogP contribution >= 0.6 is 0 Å². The molecule has 1 amide bonds. The third-order valence-electron chi connectivity index (χ3n) is 1.21. The summed E-state index contributed by atoms with van der Waals surface area (Å²) in [7, 11) is 0. The first-order chi connectivity index (χ1) is 4.77. The van der Waals surface area contributed by atoms with E-state index in [0.717, 1.165) is 19.3 Å². The Kier molecular flexibility index (Phi) is 6.11. The van der Waals surface area contributed by atoms with E-state index in [1.54, 1.807) is 0 Å². The number of hydrogen-bond donors (Lipinski definition) is 3. The molecule has 4 N–H and O–H groups in total. The Morgan fingerprint density at radius 3 is 2.60 bits per heavy atom. The van der Waals surface area contributed by atoms with Crippen molar-refractivity contribution in [3.8, 4) is 0 Å². The predicted octanol–water partition coefficient (Wildman–Crippen LogP) is 0.0109. The molecular weight excluding hydrogens is 132 g/mol. The molecule has 0 radical (unpaired) electrons. The molecule has 0 saturated heterocycles. The lowest BCUT2D eigenvalue weighted by atomic mass is 10.2. The predicted molar refractivity (Wildman–Crippen MR) is 37.5 cm³/mol. The van der Waals surface area contributed by atoms with Crippen molar-refractivity contribution in [3.05, 3.63) is 0 Å². The molecule has 0 heterocycles. The highest BCUT2D eigenvalue weighted by Gasteiger charge is 1.92. The number of primary amides is 1. The molecular formula is C6H14N2O2. The summed E-state index contributed by atoms with van der Waals surface area (Å²) in [4.78, 5) is 10.2. The van der Waals surface area contributed by atoms with Crippen LogP contribution in [0.3, 0.4) is 0 Å². The van der Waals surface area contributed by atoms with Crippen molar-refractivity contribution in [2.45, 2.75) is 25.7 Å². The summed E-state index contributed by atoms with van der Waals surface area (Å²) in [6.07, 6.45) is 3.07. The van der Waals surface area contributed by atoms with Gasteiger partial charge >= 0.3 is 0 Å². The highest BCUT2D eigenvalue weighted by atomic mass is 16.5. The van der Waals surface area contributed by atoms with Gasteiger partial charge < -0.3 is 10.9 Å². The molecule has 0 aromatic heterocycles. The molecule has 0 atom stereocenters. The topological polar surface area (TPSA) is 75.4 Å². The molecule has 0 fully saturated rings. The van der Waals surface area contributed by atoms with Gasteiger partial charge in [-0.2, -0.15) is 0 Å². The Bertz CT molecular complexity index is 95.7. The number of nitrogens with two attached hydrogens (primary N) is 1. The van der Waals surface area contributed by atoms with Gasteiger partial charge in [-0.3, -0.25) is 4.79 Å². The van der Waals surface area contributed by atoms with Gasteiger partial charge in [-0.1, -0.05) is 6.42 Å². The van der Waals surface area contributed by atoms with E-state index < -0.39 is 0 Å². The summed E-state index contributed by atoms with van der Waals surface area (Å²) < 4.78 is 0. The van der Waals surface area contributed by atoms with Crippen molar-refractivity contribution in [2.75, 3.05) is 6.54 Å². The van der Waals surface area contributed by atoms with Crippen molar-refractivity contribution in [1.29, 1.82) is 0 Å². The van der Waals surface area contributed by atoms with Crippen LogP contribution in [0.1, 0.15) is 25.7 Å². The Hall–Kier alpha value is -0.610. The minimum atomic E-state index is -0.253. The zero-order chi connectivity index (χ0) is 7.82. The average molecular weight is 146 g/mol. The fraction of sp³-hybridized carbons (Fsp3) is 0.833. The van der Waals surface area contributed by atoms with E-state index in [0.29, 0.717) is 13.0 Å². The molecule has 0 aromatic carbocycles. The van der Waals surface area contributed by atoms with E-state index in [9.17, 15) is 4.79 Å². The molecule has 10 heavy (non-hydrogen) atoms. The maximum Gasteiger partial charge on any atom is 0.217 e. The maximum atomic E-state index is 10.2. The molecule has 0 spiro atoms. The van der Waals surface area contributed by atoms with Crippen molar-refractivity contribution in [2.24, 2.45) is 5.73 Å². The Labute approximate surface area is 60.4 Å². The Balaban J connectivity index is 2.84. The zero-order valence-electron chi connectivity index (χ0n) is 5.97. The van der Waals surface area contributed by atoms with E-state index in [1.807, 2.05) is 5.48 Å². The standard InChI is InChI=1S/C6H14N2O2/c7-6(9)4-2-1-3-5-8-10/h8,10H,1-5H2,(H2,7,9). The molecule has 0 rings (SSSR count). The fourth-order valence-electron chi connectivity index (χ4n) is 0.680. The lowest BCUT2D eigenvalue weighted by Gasteiger charge is -1.96. The number of unbranched alkanes of at least 4 members (excludes halogenated alkanes) is 2. The Morgan fingerprint density at radius 1 is 1.40 bits per heavy atom. The van der Waals surface area contributed by atoms with E-state index in [4.69, 9.17) is 10.9 Å². The number of hydroxylamine groups is 1. The smallest absolute Gasteiger partial charge is 0.217 e. The van der Waals surface area contributed by atoms with Crippen molar-refractivity contribution >= 4 is 5.91 Å². The number of hydrogen-bond acceptors (Lipinski definition) is 3. The molecule has 0 bridgehead atoms. The average Bonchev–Trinajstić information content (AvgIpc) is 1.87. The quantitative estimate of drug-likeness (QED) is 0.365. The molecule has 0 saturated carbocycles. The molecule has 0 aromatic rings. The summed E-state index contributed by atoms with van der Waals surface area (Å²) in [5.74, 6) is -0.253. The van der Waals surface area contributed by atoms with Gasteiger partial charge in [-0.15, -0.1) is 0 Å². The first kappa shape index (κ1) is 9.39. The third kappa shape index (κ3) is 7.39. The molecule has 4 nitrogen and oxygen atoms in total. The largest absolute Gasteiger partial charge is 0.370 e. The van der Waals surface area contributed by atoms with Gasteiger partial charge in [0.05, 0.1) is 0 Å². The minimum Gasteiger partial charge on any atom is -0.370 e. The van der Waals surface area contributed by atoms with Crippen LogP contribution in [0.15, 0.2) is 0 Å². The highest BCUT2D eigenvalue weighted by Crippen LogP contribution is 1.96. The summed E-state index contributed by atoms with van der Waals surface area (Å²) >= 11 is 0. The van der Waals surface area contributed by atoms with Crippen LogP contribution in [0, 0.1) is 0 Å². The second-order valence-corrected chi connectivity index (χ2v) is 2.19. The van der Waals surface area contributed by atoms with E-state index in [-0.39, 0.29) is 5.91 Å². The van der Waals surface area contributed by atoms with Crippen molar-refractivity contribution in [3.63, 3.8) is 0 Å². The number of carbonyl (C=O) groups is 1. The van der Waals surface area contributed by atoms with Crippen LogP contribution in [-0.4, -0.2) is 17.7 Å². The zero-order valence-corrected chi connectivity index (χ0v) is 5.97.